The van der Waals surface area contributed by atoms with Crippen molar-refractivity contribution in [3.63, 3.8) is 0 Å². The molecular formula is C23H24N4OS. The third-order valence-electron chi connectivity index (χ3n) is 5.24. The van der Waals surface area contributed by atoms with Crippen LogP contribution in [0.5, 0.6) is 0 Å². The van der Waals surface area contributed by atoms with Gasteiger partial charge in [0.25, 0.3) is 0 Å². The molecule has 0 saturated carbocycles. The summed E-state index contributed by atoms with van der Waals surface area (Å²) in [5.74, 6) is 0.644. The Kier molecular flexibility index (Phi) is 5.28. The number of amides is 1. The summed E-state index contributed by atoms with van der Waals surface area (Å²) in [6, 6.07) is 14.3. The zero-order valence-electron chi connectivity index (χ0n) is 17.1. The number of nitrogens with zero attached hydrogens (tertiary/aromatic N) is 3. The van der Waals surface area contributed by atoms with E-state index in [2.05, 4.69) is 65.0 Å². The van der Waals surface area contributed by atoms with Crippen molar-refractivity contribution in [2.75, 3.05) is 11.1 Å². The normalized spacial score (nSPS) is 11.3. The number of aromatic nitrogens is 3. The maximum atomic E-state index is 12.3. The number of carbonyl (C=O) groups is 1. The van der Waals surface area contributed by atoms with E-state index in [-0.39, 0.29) is 5.91 Å². The number of carbonyl (C=O) groups excluding carboxylic acids is 1. The van der Waals surface area contributed by atoms with Gasteiger partial charge in [-0.2, -0.15) is 0 Å². The number of hydrogen-bond acceptors (Lipinski definition) is 4. The Balaban J connectivity index is 1.50. The van der Waals surface area contributed by atoms with Crippen molar-refractivity contribution in [2.24, 2.45) is 0 Å². The van der Waals surface area contributed by atoms with Crippen LogP contribution in [0.25, 0.3) is 16.6 Å². The van der Waals surface area contributed by atoms with Crippen LogP contribution in [0.2, 0.25) is 0 Å². The van der Waals surface area contributed by atoms with Gasteiger partial charge in [-0.3, -0.25) is 9.20 Å². The summed E-state index contributed by atoms with van der Waals surface area (Å²) in [6.07, 6.45) is 0.412. The fourth-order valence-corrected chi connectivity index (χ4v) is 4.38. The maximum Gasteiger partial charge on any atom is 0.225 e. The summed E-state index contributed by atoms with van der Waals surface area (Å²) >= 11 is 1.56. The minimum atomic E-state index is 0.00598. The van der Waals surface area contributed by atoms with Crippen LogP contribution in [0.1, 0.15) is 28.7 Å². The molecular weight excluding hydrogens is 380 g/mol. The molecule has 6 heteroatoms. The molecule has 0 atom stereocenters. The van der Waals surface area contributed by atoms with E-state index in [1.165, 1.54) is 27.6 Å². The van der Waals surface area contributed by atoms with Crippen LogP contribution in [0, 0.1) is 27.7 Å². The molecule has 2 aromatic heterocycles. The van der Waals surface area contributed by atoms with Crippen molar-refractivity contribution in [1.82, 2.24) is 14.6 Å². The summed E-state index contributed by atoms with van der Waals surface area (Å²) in [6.45, 7) is 8.31. The van der Waals surface area contributed by atoms with Crippen molar-refractivity contribution in [1.29, 1.82) is 0 Å². The molecule has 1 N–H and O–H groups in total. The van der Waals surface area contributed by atoms with Crippen LogP contribution in [-0.2, 0) is 4.79 Å². The Labute approximate surface area is 174 Å². The Hall–Kier alpha value is -2.86. The van der Waals surface area contributed by atoms with Gasteiger partial charge in [-0.15, -0.1) is 10.2 Å². The first-order valence-electron chi connectivity index (χ1n) is 9.68. The molecule has 0 unspecified atom stereocenters. The summed E-state index contributed by atoms with van der Waals surface area (Å²) in [5, 5.41) is 13.7. The highest BCUT2D eigenvalue weighted by Crippen LogP contribution is 2.28. The second-order valence-electron chi connectivity index (χ2n) is 7.42. The van der Waals surface area contributed by atoms with Crippen LogP contribution in [0.3, 0.4) is 0 Å². The van der Waals surface area contributed by atoms with E-state index in [0.29, 0.717) is 12.2 Å². The van der Waals surface area contributed by atoms with E-state index >= 15 is 0 Å². The number of fused-ring (bicyclic) bond motifs is 3. The lowest BCUT2D eigenvalue weighted by Gasteiger charge is -2.10. The van der Waals surface area contributed by atoms with E-state index in [1.54, 1.807) is 11.8 Å². The van der Waals surface area contributed by atoms with Crippen molar-refractivity contribution in [3.8, 4) is 0 Å². The lowest BCUT2D eigenvalue weighted by atomic mass is 10.1. The van der Waals surface area contributed by atoms with Crippen molar-refractivity contribution < 1.29 is 4.79 Å². The molecule has 4 aromatic rings. The van der Waals surface area contributed by atoms with Gasteiger partial charge in [0.05, 0.1) is 5.52 Å². The van der Waals surface area contributed by atoms with Crippen molar-refractivity contribution in [3.05, 3.63) is 64.7 Å². The zero-order chi connectivity index (χ0) is 20.5. The van der Waals surface area contributed by atoms with E-state index in [4.69, 9.17) is 0 Å². The Morgan fingerprint density at radius 1 is 0.966 bits per heavy atom. The SMILES string of the molecule is Cc1ccc(NC(=O)CCSc2nnc3cc(C)c4cccc(C)c4n23)cc1C. The third-order valence-corrected chi connectivity index (χ3v) is 6.17. The first kappa shape index (κ1) is 19.5. The average Bonchev–Trinajstić information content (AvgIpc) is 3.07. The minimum absolute atomic E-state index is 0.00598. The van der Waals surface area contributed by atoms with Crippen LogP contribution in [0.4, 0.5) is 5.69 Å². The fraction of sp³-hybridized carbons (Fsp3) is 0.261. The number of benzene rings is 2. The van der Waals surface area contributed by atoms with Gasteiger partial charge in [0.2, 0.25) is 5.91 Å². The molecule has 0 aliphatic rings. The number of nitrogens with one attached hydrogen (secondary N) is 1. The highest BCUT2D eigenvalue weighted by atomic mass is 32.2. The number of pyridine rings is 1. The monoisotopic (exact) mass is 404 g/mol. The number of thioether (sulfide) groups is 1. The molecule has 2 heterocycles. The summed E-state index contributed by atoms with van der Waals surface area (Å²) in [7, 11) is 0. The van der Waals surface area contributed by atoms with Gasteiger partial charge in [0.15, 0.2) is 10.8 Å². The average molecular weight is 405 g/mol. The molecule has 148 valence electrons. The molecule has 1 amide bonds. The van der Waals surface area contributed by atoms with Crippen LogP contribution in [0.15, 0.2) is 47.6 Å². The van der Waals surface area contributed by atoms with Crippen LogP contribution >= 0.6 is 11.8 Å². The predicted molar refractivity (Wildman–Crippen MR) is 120 cm³/mol. The number of para-hydroxylation sites is 1. The van der Waals surface area contributed by atoms with Gasteiger partial charge in [-0.1, -0.05) is 36.0 Å². The third kappa shape index (κ3) is 3.85. The molecule has 0 saturated heterocycles. The Bertz CT molecular complexity index is 1230. The Morgan fingerprint density at radius 3 is 2.59 bits per heavy atom. The lowest BCUT2D eigenvalue weighted by molar-refractivity contribution is -0.115. The molecule has 0 aliphatic carbocycles. The standard InChI is InChI=1S/C23H24N4OS/c1-14-8-9-18(12-16(14)3)24-21(28)10-11-29-23-26-25-20-13-17(4)19-7-5-6-15(2)22(19)27(20)23/h5-9,12-13H,10-11H2,1-4H3,(H,24,28). The van der Waals surface area contributed by atoms with E-state index in [0.717, 1.165) is 22.0 Å². The molecule has 29 heavy (non-hydrogen) atoms. The predicted octanol–water partition coefficient (Wildman–Crippen LogP) is 5.24. The molecule has 2 aromatic carbocycles. The second-order valence-corrected chi connectivity index (χ2v) is 8.48. The van der Waals surface area contributed by atoms with Gasteiger partial charge in [0.1, 0.15) is 0 Å². The Morgan fingerprint density at radius 2 is 1.79 bits per heavy atom. The molecule has 0 fully saturated rings. The first-order valence-corrected chi connectivity index (χ1v) is 10.7. The van der Waals surface area contributed by atoms with Gasteiger partial charge < -0.3 is 5.32 Å². The maximum absolute atomic E-state index is 12.3. The quantitative estimate of drug-likeness (QED) is 0.462. The zero-order valence-corrected chi connectivity index (χ0v) is 17.9. The van der Waals surface area contributed by atoms with Crippen LogP contribution < -0.4 is 5.32 Å². The van der Waals surface area contributed by atoms with E-state index in [1.807, 2.05) is 25.1 Å². The summed E-state index contributed by atoms with van der Waals surface area (Å²) in [5.41, 5.74) is 7.58. The van der Waals surface area contributed by atoms with Gasteiger partial charge in [-0.05, 0) is 68.1 Å². The highest BCUT2D eigenvalue weighted by Gasteiger charge is 2.13. The van der Waals surface area contributed by atoms with Crippen molar-refractivity contribution in [2.45, 2.75) is 39.3 Å². The number of anilines is 1. The van der Waals surface area contributed by atoms with Gasteiger partial charge in [0, 0.05) is 23.2 Å². The van der Waals surface area contributed by atoms with Gasteiger partial charge in [-0.25, -0.2) is 0 Å². The van der Waals surface area contributed by atoms with E-state index < -0.39 is 0 Å². The molecule has 0 radical (unpaired) electrons. The minimum Gasteiger partial charge on any atom is -0.326 e. The van der Waals surface area contributed by atoms with E-state index in [9.17, 15) is 4.79 Å². The lowest BCUT2D eigenvalue weighted by Crippen LogP contribution is -2.12. The largest absolute Gasteiger partial charge is 0.326 e. The molecule has 4 rings (SSSR count). The topological polar surface area (TPSA) is 59.3 Å². The summed E-state index contributed by atoms with van der Waals surface area (Å²) in [4.78, 5) is 12.3. The first-order chi connectivity index (χ1) is 13.9. The molecule has 5 nitrogen and oxygen atoms in total. The van der Waals surface area contributed by atoms with Crippen LogP contribution in [-0.4, -0.2) is 26.3 Å². The second kappa shape index (κ2) is 7.87. The number of aryl methyl sites for hydroxylation is 4. The smallest absolute Gasteiger partial charge is 0.225 e. The number of hydrogen-bond donors (Lipinski definition) is 1. The fourth-order valence-electron chi connectivity index (χ4n) is 3.50. The molecule has 0 spiro atoms. The molecule has 0 aliphatic heterocycles. The van der Waals surface area contributed by atoms with Crippen molar-refractivity contribution >= 4 is 39.9 Å². The van der Waals surface area contributed by atoms with Gasteiger partial charge >= 0.3 is 0 Å². The number of rotatable bonds is 5. The highest BCUT2D eigenvalue weighted by molar-refractivity contribution is 7.99. The summed E-state index contributed by atoms with van der Waals surface area (Å²) < 4.78 is 2.10. The molecule has 0 bridgehead atoms.